The van der Waals surface area contributed by atoms with E-state index in [1.165, 1.54) is 32.0 Å². The number of nitrogens with zero attached hydrogens (tertiary/aromatic N) is 3. The molecule has 0 saturated carbocycles. The van der Waals surface area contributed by atoms with Crippen LogP contribution < -0.4 is 20.0 Å². The quantitative estimate of drug-likeness (QED) is 0.0531. The summed E-state index contributed by atoms with van der Waals surface area (Å²) in [6.07, 6.45) is 3.21. The third kappa shape index (κ3) is 24.0. The molecule has 1 aliphatic heterocycles. The Morgan fingerprint density at radius 1 is 0.884 bits per heavy atom. The number of aliphatic hydroxyl groups is 5. The summed E-state index contributed by atoms with van der Waals surface area (Å²) >= 11 is 0. The average molecular weight is 996 g/mol. The summed E-state index contributed by atoms with van der Waals surface area (Å²) in [6.45, 7) is 24.8. The molecule has 2 unspecified atom stereocenters. The first-order chi connectivity index (χ1) is 32.2. The highest BCUT2D eigenvalue weighted by molar-refractivity contribution is 7.87. The first-order valence-electron chi connectivity index (χ1n) is 23.8. The molecule has 2 heterocycles. The molecule has 3 aromatic rings. The zero-order valence-corrected chi connectivity index (χ0v) is 44.2. The highest BCUT2D eigenvalue weighted by Gasteiger charge is 2.32. The maximum absolute atomic E-state index is 13.0. The smallest absolute Gasteiger partial charge is 0.311 e. The number of ether oxygens (including phenoxy) is 3. The fraction of sp³-hybridized carbons (Fsp3) is 0.680. The summed E-state index contributed by atoms with van der Waals surface area (Å²) in [4.78, 5) is 23.9. The number of rotatable bonds is 23. The standard InChI is InChI=1S/C31H50N4O9S.C13H19NO2.C5H12O.CH4O/c1-20(2)15-23-18-35(34-33-23)30(5,6)12-14-42-31(7,8)11-13-32-28(38)22-9-10-26(27(16-22)44-45(39,40)21(3)4)43-29-25(37)17-24(36)19-41-29;1-9(2)3-8-12(15)10-4-6-11(7-5-10)13(14)16;1-5(2)3-4-6;1-2/h9-10,16,18,20-21,24-25,29,36-37H,11-15,17,19H2,1-8H3,(H,32,38);4-7,9,12,15H,3,8H2,1-2H3,(H2,14,16);5-6H,3-4H2,1-2H3;2H,1H3/t24-,25?,29+;;;/m1.../s1. The van der Waals surface area contributed by atoms with E-state index in [9.17, 15) is 33.3 Å². The van der Waals surface area contributed by atoms with Gasteiger partial charge in [0.05, 0.1) is 40.9 Å². The van der Waals surface area contributed by atoms with Gasteiger partial charge in [0.25, 0.3) is 5.91 Å². The molecule has 0 radical (unpaired) electrons. The van der Waals surface area contributed by atoms with Crippen molar-refractivity contribution in [3.05, 3.63) is 71.0 Å². The lowest BCUT2D eigenvalue weighted by atomic mass is 9.99. The van der Waals surface area contributed by atoms with Crippen LogP contribution in [0.2, 0.25) is 0 Å². The number of nitrogens with two attached hydrogens (primary N) is 1. The summed E-state index contributed by atoms with van der Waals surface area (Å²) in [5, 5.41) is 55.6. The predicted octanol–water partition coefficient (Wildman–Crippen LogP) is 6.07. The molecule has 0 aliphatic carbocycles. The maximum atomic E-state index is 13.0. The van der Waals surface area contributed by atoms with Gasteiger partial charge >= 0.3 is 10.1 Å². The minimum absolute atomic E-state index is 0.0317. The van der Waals surface area contributed by atoms with Crippen molar-refractivity contribution in [3.63, 3.8) is 0 Å². The van der Waals surface area contributed by atoms with Crippen molar-refractivity contribution in [1.82, 2.24) is 20.3 Å². The van der Waals surface area contributed by atoms with Crippen molar-refractivity contribution in [2.24, 2.45) is 23.5 Å². The van der Waals surface area contributed by atoms with Gasteiger partial charge in [0, 0.05) is 50.6 Å². The van der Waals surface area contributed by atoms with Gasteiger partial charge in [-0.1, -0.05) is 58.9 Å². The number of amides is 2. The Hall–Kier alpha value is -4.21. The van der Waals surface area contributed by atoms with Gasteiger partial charge in [-0.05, 0) is 134 Å². The van der Waals surface area contributed by atoms with E-state index < -0.39 is 57.4 Å². The van der Waals surface area contributed by atoms with Crippen molar-refractivity contribution in [1.29, 1.82) is 0 Å². The second-order valence-corrected chi connectivity index (χ2v) is 22.0. The molecule has 0 bridgehead atoms. The Bertz CT molecular complexity index is 2040. The summed E-state index contributed by atoms with van der Waals surface area (Å²) < 4.78 is 49.6. The zero-order chi connectivity index (χ0) is 52.7. The molecule has 69 heavy (non-hydrogen) atoms. The Morgan fingerprint density at radius 2 is 1.49 bits per heavy atom. The van der Waals surface area contributed by atoms with E-state index in [4.69, 9.17) is 34.3 Å². The fourth-order valence-electron chi connectivity index (χ4n) is 6.28. The molecule has 2 amide bonds. The molecule has 1 aromatic heterocycles. The monoisotopic (exact) mass is 996 g/mol. The van der Waals surface area contributed by atoms with Gasteiger partial charge in [-0.2, -0.15) is 8.42 Å². The summed E-state index contributed by atoms with van der Waals surface area (Å²) in [6, 6.07) is 10.9. The number of hydrogen-bond donors (Lipinski definition) is 7. The van der Waals surface area contributed by atoms with Gasteiger partial charge in [-0.3, -0.25) is 9.59 Å². The van der Waals surface area contributed by atoms with Crippen LogP contribution in [0.15, 0.2) is 48.7 Å². The number of primary amides is 1. The number of benzene rings is 2. The van der Waals surface area contributed by atoms with Crippen molar-refractivity contribution in [3.8, 4) is 11.5 Å². The van der Waals surface area contributed by atoms with Crippen molar-refractivity contribution < 1.29 is 61.9 Å². The molecule has 1 fully saturated rings. The Morgan fingerprint density at radius 3 is 2.01 bits per heavy atom. The third-order valence-corrected chi connectivity index (χ3v) is 12.4. The molecule has 394 valence electrons. The van der Waals surface area contributed by atoms with Crippen molar-refractivity contribution >= 4 is 21.9 Å². The van der Waals surface area contributed by atoms with Crippen LogP contribution >= 0.6 is 0 Å². The summed E-state index contributed by atoms with van der Waals surface area (Å²) in [5.74, 6) is 0.605. The van der Waals surface area contributed by atoms with Crippen LogP contribution in [0, 0.1) is 17.8 Å². The molecule has 8 N–H and O–H groups in total. The molecule has 4 atom stereocenters. The number of carbonyl (C=O) groups is 2. The first kappa shape index (κ1) is 62.8. The predicted molar refractivity (Wildman–Crippen MR) is 266 cm³/mol. The van der Waals surface area contributed by atoms with E-state index in [0.29, 0.717) is 55.9 Å². The number of aromatic nitrogens is 3. The van der Waals surface area contributed by atoms with Crippen LogP contribution in [0.25, 0.3) is 0 Å². The normalized spacial score (nSPS) is 16.7. The van der Waals surface area contributed by atoms with Crippen LogP contribution in [-0.4, -0.2) is 124 Å². The largest absolute Gasteiger partial charge is 0.458 e. The molecule has 1 aliphatic rings. The van der Waals surface area contributed by atoms with Crippen molar-refractivity contribution in [2.45, 2.75) is 169 Å². The van der Waals surface area contributed by atoms with Crippen LogP contribution in [0.3, 0.4) is 0 Å². The highest BCUT2D eigenvalue weighted by atomic mass is 32.2. The number of hydrogen-bond acceptors (Lipinski definition) is 15. The van der Waals surface area contributed by atoms with E-state index >= 15 is 0 Å². The molecular formula is C50H85N5O13S. The molecule has 19 heteroatoms. The average Bonchev–Trinajstić information content (AvgIpc) is 3.74. The van der Waals surface area contributed by atoms with Gasteiger partial charge in [0.1, 0.15) is 6.10 Å². The Balaban J connectivity index is 0.000000812. The van der Waals surface area contributed by atoms with Gasteiger partial charge < -0.3 is 55.0 Å². The Labute approximate surface area is 411 Å². The van der Waals surface area contributed by atoms with Crippen LogP contribution in [0.4, 0.5) is 0 Å². The molecule has 18 nitrogen and oxygen atoms in total. The SMILES string of the molecule is CC(C)CCC(O)c1ccc(C(N)=O)cc1.CC(C)CCO.CC(C)Cc1cn(C(C)(C)CCOC(C)(C)CCNC(=O)c2ccc(O[C@@H]3OC[C@H](O)CC3O)c(OS(=O)(=O)C(C)C)c2)nn1.CO. The van der Waals surface area contributed by atoms with Crippen LogP contribution in [0.1, 0.15) is 160 Å². The first-order valence-corrected chi connectivity index (χ1v) is 25.3. The lowest BCUT2D eigenvalue weighted by molar-refractivity contribution is -0.199. The molecule has 2 aromatic carbocycles. The molecule has 1 saturated heterocycles. The molecule has 0 spiro atoms. The molecular weight excluding hydrogens is 911 g/mol. The van der Waals surface area contributed by atoms with Crippen LogP contribution in [-0.2, 0) is 31.6 Å². The van der Waals surface area contributed by atoms with Gasteiger partial charge in [0.15, 0.2) is 11.5 Å². The van der Waals surface area contributed by atoms with Crippen LogP contribution in [0.5, 0.6) is 11.5 Å². The third-order valence-electron chi connectivity index (χ3n) is 10.8. The zero-order valence-electron chi connectivity index (χ0n) is 43.3. The lowest BCUT2D eigenvalue weighted by Crippen LogP contribution is -2.44. The van der Waals surface area contributed by atoms with E-state index in [-0.39, 0.29) is 35.6 Å². The van der Waals surface area contributed by atoms with E-state index in [0.717, 1.165) is 44.1 Å². The lowest BCUT2D eigenvalue weighted by Gasteiger charge is -2.31. The highest BCUT2D eigenvalue weighted by Crippen LogP contribution is 2.33. The van der Waals surface area contributed by atoms with Gasteiger partial charge in [-0.25, -0.2) is 4.68 Å². The topological polar surface area (TPSA) is 275 Å². The number of carbonyl (C=O) groups excluding carboxylic acids is 2. The fourth-order valence-corrected chi connectivity index (χ4v) is 6.85. The van der Waals surface area contributed by atoms with E-state index in [2.05, 4.69) is 71.0 Å². The second-order valence-electron chi connectivity index (χ2n) is 19.9. The van der Waals surface area contributed by atoms with E-state index in [1.54, 1.807) is 24.3 Å². The minimum atomic E-state index is -4.04. The Kier molecular flexibility index (Phi) is 27.8. The summed E-state index contributed by atoms with van der Waals surface area (Å²) in [5.41, 5.74) is 6.76. The minimum Gasteiger partial charge on any atom is -0.458 e. The van der Waals surface area contributed by atoms with E-state index in [1.807, 2.05) is 24.7 Å². The number of nitrogens with one attached hydrogen (secondary N) is 1. The summed E-state index contributed by atoms with van der Waals surface area (Å²) in [7, 11) is -3.04. The van der Waals surface area contributed by atoms with Crippen molar-refractivity contribution in [2.75, 3.05) is 33.5 Å². The van der Waals surface area contributed by atoms with Gasteiger partial charge in [-0.15, -0.1) is 5.10 Å². The molecule has 4 rings (SSSR count). The van der Waals surface area contributed by atoms with Gasteiger partial charge in [0.2, 0.25) is 12.2 Å². The maximum Gasteiger partial charge on any atom is 0.311 e. The second kappa shape index (κ2) is 30.5. The number of aliphatic hydroxyl groups excluding tert-OH is 5.